The predicted molar refractivity (Wildman–Crippen MR) is 177 cm³/mol. The van der Waals surface area contributed by atoms with Crippen LogP contribution in [0.15, 0.2) is 11.6 Å². The highest BCUT2D eigenvalue weighted by molar-refractivity contribution is 5.90. The molecule has 0 aromatic heterocycles. The van der Waals surface area contributed by atoms with Gasteiger partial charge < -0.3 is 29.9 Å². The van der Waals surface area contributed by atoms with Crippen molar-refractivity contribution >= 4 is 5.97 Å². The minimum atomic E-state index is -0.552. The summed E-state index contributed by atoms with van der Waals surface area (Å²) in [6.07, 6.45) is 25.3. The van der Waals surface area contributed by atoms with Gasteiger partial charge >= 0.3 is 5.97 Å². The van der Waals surface area contributed by atoms with Gasteiger partial charge in [-0.15, -0.1) is 0 Å². The van der Waals surface area contributed by atoms with Crippen LogP contribution >= 0.6 is 0 Å². The minimum absolute atomic E-state index is 0.140. The number of aliphatic hydroxyl groups is 4. The largest absolute Gasteiger partial charge is 0.455 e. The average molecular weight is 625 g/mol. The first kappa shape index (κ1) is 39.2. The van der Waals surface area contributed by atoms with Gasteiger partial charge in [-0.3, -0.25) is 0 Å². The maximum Gasteiger partial charge on any atom is 0.334 e. The van der Waals surface area contributed by atoms with Crippen molar-refractivity contribution in [3.05, 3.63) is 11.6 Å². The Labute approximate surface area is 269 Å². The number of aliphatic hydroxyl groups excluding tert-OH is 4. The van der Waals surface area contributed by atoms with Crippen molar-refractivity contribution in [3.63, 3.8) is 0 Å². The van der Waals surface area contributed by atoms with Crippen LogP contribution in [0.2, 0.25) is 0 Å². The van der Waals surface area contributed by atoms with E-state index in [-0.39, 0.29) is 30.4 Å². The van der Waals surface area contributed by atoms with Gasteiger partial charge in [0.05, 0.1) is 36.6 Å². The number of rotatable bonds is 28. The molecule has 1 saturated heterocycles. The Hall–Kier alpha value is -0.990. The van der Waals surface area contributed by atoms with Crippen LogP contribution < -0.4 is 0 Å². The van der Waals surface area contributed by atoms with Crippen molar-refractivity contribution in [3.8, 4) is 0 Å². The van der Waals surface area contributed by atoms with Gasteiger partial charge in [0.2, 0.25) is 0 Å². The lowest BCUT2D eigenvalue weighted by molar-refractivity contribution is -0.139. The normalized spacial score (nSPS) is 23.0. The van der Waals surface area contributed by atoms with Crippen LogP contribution in [0, 0.1) is 0 Å². The highest BCUT2D eigenvalue weighted by Crippen LogP contribution is 2.28. The molecule has 2 rings (SSSR count). The van der Waals surface area contributed by atoms with Gasteiger partial charge in [-0.05, 0) is 57.9 Å². The number of esters is 1. The third kappa shape index (κ3) is 17.6. The topological polar surface area (TPSA) is 116 Å². The number of cyclic esters (lactones) is 1. The van der Waals surface area contributed by atoms with Gasteiger partial charge in [-0.1, -0.05) is 116 Å². The van der Waals surface area contributed by atoms with E-state index in [2.05, 4.69) is 6.92 Å². The van der Waals surface area contributed by atoms with Crippen LogP contribution in [-0.2, 0) is 14.3 Å². The number of unbranched alkanes of at least 4 members (excludes halogenated alkanes) is 14. The second-order valence-corrected chi connectivity index (χ2v) is 13.8. The molecule has 7 atom stereocenters. The summed E-state index contributed by atoms with van der Waals surface area (Å²) >= 11 is 0. The molecule has 0 amide bonds. The molecule has 0 aliphatic carbocycles. The monoisotopic (exact) mass is 624 g/mol. The van der Waals surface area contributed by atoms with E-state index < -0.39 is 18.3 Å². The van der Waals surface area contributed by atoms with Gasteiger partial charge in [0.15, 0.2) is 0 Å². The molecule has 2 heterocycles. The number of carbonyl (C=O) groups excluding carboxylic acids is 1. The minimum Gasteiger partial charge on any atom is -0.455 e. The molecule has 1 unspecified atom stereocenters. The van der Waals surface area contributed by atoms with E-state index in [4.69, 9.17) is 9.47 Å². The van der Waals surface area contributed by atoms with Gasteiger partial charge in [0.25, 0.3) is 0 Å². The number of ether oxygens (including phenoxy) is 2. The third-order valence-electron chi connectivity index (χ3n) is 9.61. The van der Waals surface area contributed by atoms with Crippen molar-refractivity contribution in [2.24, 2.45) is 0 Å². The summed E-state index contributed by atoms with van der Waals surface area (Å²) in [6, 6.07) is 0. The van der Waals surface area contributed by atoms with E-state index in [1.807, 2.05) is 6.92 Å². The number of carbonyl (C=O) groups is 1. The van der Waals surface area contributed by atoms with Gasteiger partial charge in [0.1, 0.15) is 6.10 Å². The fourth-order valence-corrected chi connectivity index (χ4v) is 6.77. The Bertz CT molecular complexity index is 756. The Kier molecular flexibility index (Phi) is 21.6. The number of hydrogen-bond acceptors (Lipinski definition) is 7. The molecule has 44 heavy (non-hydrogen) atoms. The summed E-state index contributed by atoms with van der Waals surface area (Å²) in [7, 11) is 0. The fourth-order valence-electron chi connectivity index (χ4n) is 6.77. The first-order valence-electron chi connectivity index (χ1n) is 18.6. The molecule has 4 N–H and O–H groups in total. The summed E-state index contributed by atoms with van der Waals surface area (Å²) in [5.74, 6) is -0.321. The maximum absolute atomic E-state index is 11.7. The standard InChI is InChI=1S/C37H68O7/c1-3-4-5-6-7-8-9-10-11-12-13-16-23-33(40)35-25-26-36(44-35)34(41)24-17-14-15-20-31(38)21-18-19-22-32(39)28-30-27-29(2)43-37(30)42/h27,29,31-36,38-41H,3-26,28H2,1-2H3/t29-,31?,32+,33+,34+,35+,36+/m0/s1. The fraction of sp³-hybridized carbons (Fsp3) is 0.919. The molecule has 0 aromatic rings. The van der Waals surface area contributed by atoms with E-state index in [0.29, 0.717) is 24.8 Å². The van der Waals surface area contributed by atoms with Gasteiger partial charge in [-0.2, -0.15) is 0 Å². The van der Waals surface area contributed by atoms with Crippen molar-refractivity contribution in [1.82, 2.24) is 0 Å². The second kappa shape index (κ2) is 24.2. The van der Waals surface area contributed by atoms with Crippen molar-refractivity contribution < 1.29 is 34.7 Å². The Morgan fingerprint density at radius 2 is 1.05 bits per heavy atom. The maximum atomic E-state index is 11.7. The van der Waals surface area contributed by atoms with Crippen LogP contribution in [0.1, 0.15) is 174 Å². The van der Waals surface area contributed by atoms with Crippen LogP contribution in [0.3, 0.4) is 0 Å². The highest BCUT2D eigenvalue weighted by Gasteiger charge is 2.34. The van der Waals surface area contributed by atoms with Crippen molar-refractivity contribution in [2.75, 3.05) is 0 Å². The van der Waals surface area contributed by atoms with Crippen LogP contribution in [0.5, 0.6) is 0 Å². The molecule has 7 nitrogen and oxygen atoms in total. The Morgan fingerprint density at radius 3 is 1.52 bits per heavy atom. The van der Waals surface area contributed by atoms with Crippen molar-refractivity contribution in [2.45, 2.75) is 217 Å². The number of hydrogen-bond donors (Lipinski definition) is 4. The third-order valence-corrected chi connectivity index (χ3v) is 9.61. The highest BCUT2D eigenvalue weighted by atomic mass is 16.5. The molecule has 2 aliphatic heterocycles. The zero-order valence-electron chi connectivity index (χ0n) is 28.3. The first-order chi connectivity index (χ1) is 21.3. The van der Waals surface area contributed by atoms with E-state index >= 15 is 0 Å². The molecule has 0 radical (unpaired) electrons. The summed E-state index contributed by atoms with van der Waals surface area (Å²) < 4.78 is 11.1. The second-order valence-electron chi connectivity index (χ2n) is 13.8. The lowest BCUT2D eigenvalue weighted by Crippen LogP contribution is -2.31. The molecule has 0 bridgehead atoms. The summed E-state index contributed by atoms with van der Waals surface area (Å²) in [5.41, 5.74) is 0.567. The lowest BCUT2D eigenvalue weighted by atomic mass is 9.99. The van der Waals surface area contributed by atoms with Crippen LogP contribution in [-0.4, -0.2) is 69.1 Å². The molecule has 0 aromatic carbocycles. The Morgan fingerprint density at radius 1 is 0.636 bits per heavy atom. The molecule has 0 saturated carbocycles. The molecular weight excluding hydrogens is 556 g/mol. The Balaban J connectivity index is 1.39. The van der Waals surface area contributed by atoms with Gasteiger partial charge in [-0.25, -0.2) is 4.79 Å². The van der Waals surface area contributed by atoms with Crippen LogP contribution in [0.25, 0.3) is 0 Å². The molecule has 258 valence electrons. The lowest BCUT2D eigenvalue weighted by Gasteiger charge is -2.22. The molecule has 1 fully saturated rings. The van der Waals surface area contributed by atoms with E-state index in [1.54, 1.807) is 6.08 Å². The molecular formula is C37H68O7. The van der Waals surface area contributed by atoms with E-state index in [0.717, 1.165) is 70.6 Å². The summed E-state index contributed by atoms with van der Waals surface area (Å²) in [5, 5.41) is 41.8. The van der Waals surface area contributed by atoms with Crippen molar-refractivity contribution in [1.29, 1.82) is 0 Å². The zero-order chi connectivity index (χ0) is 32.0. The average Bonchev–Trinajstić information content (AvgIpc) is 3.61. The van der Waals surface area contributed by atoms with E-state index in [1.165, 1.54) is 70.6 Å². The smallest absolute Gasteiger partial charge is 0.334 e. The van der Waals surface area contributed by atoms with E-state index in [9.17, 15) is 25.2 Å². The summed E-state index contributed by atoms with van der Waals surface area (Å²) in [6.45, 7) is 4.08. The summed E-state index contributed by atoms with van der Waals surface area (Å²) in [4.78, 5) is 11.7. The molecule has 2 aliphatic rings. The predicted octanol–water partition coefficient (Wildman–Crippen LogP) is 7.84. The zero-order valence-corrected chi connectivity index (χ0v) is 28.3. The molecule has 0 spiro atoms. The first-order valence-corrected chi connectivity index (χ1v) is 18.6. The van der Waals surface area contributed by atoms with Gasteiger partial charge in [0, 0.05) is 12.0 Å². The molecule has 7 heteroatoms. The van der Waals surface area contributed by atoms with Crippen LogP contribution in [0.4, 0.5) is 0 Å². The quantitative estimate of drug-likeness (QED) is 0.0518. The SMILES string of the molecule is CCCCCCCCCCCCCC[C@@H](O)[C@H]1CC[C@H]([C@H](O)CCCCCC(O)CCCC[C@@H](O)CC2=C[C@H](C)OC2=O)O1.